The molecular formula is C34H34O10. The van der Waals surface area contributed by atoms with Crippen molar-refractivity contribution in [2.75, 3.05) is 13.2 Å². The Labute approximate surface area is 253 Å². The maximum Gasteiger partial charge on any atom is 0.162 e. The molecular weight excluding hydrogens is 568 g/mol. The first kappa shape index (κ1) is 30.7. The van der Waals surface area contributed by atoms with Crippen molar-refractivity contribution in [1.82, 2.24) is 0 Å². The van der Waals surface area contributed by atoms with Gasteiger partial charge in [0.25, 0.3) is 0 Å². The predicted octanol–water partition coefficient (Wildman–Crippen LogP) is 3.68. The highest BCUT2D eigenvalue weighted by Gasteiger charge is 2.43. The van der Waals surface area contributed by atoms with E-state index in [1.165, 1.54) is 30.3 Å². The summed E-state index contributed by atoms with van der Waals surface area (Å²) in [5.41, 5.74) is 2.35. The van der Waals surface area contributed by atoms with E-state index in [1.807, 2.05) is 0 Å². The van der Waals surface area contributed by atoms with Crippen LogP contribution < -0.4 is 9.47 Å². The molecule has 0 radical (unpaired) electrons. The van der Waals surface area contributed by atoms with Gasteiger partial charge in [-0.25, -0.2) is 0 Å². The Balaban J connectivity index is 1.55. The summed E-state index contributed by atoms with van der Waals surface area (Å²) in [6.07, 6.45) is -0.807. The van der Waals surface area contributed by atoms with Crippen LogP contribution in [0.5, 0.6) is 34.5 Å². The van der Waals surface area contributed by atoms with Gasteiger partial charge in [-0.05, 0) is 70.8 Å². The molecule has 0 saturated heterocycles. The van der Waals surface area contributed by atoms with E-state index < -0.39 is 55.2 Å². The van der Waals surface area contributed by atoms with E-state index in [2.05, 4.69) is 0 Å². The highest BCUT2D eigenvalue weighted by Crippen LogP contribution is 2.47. The average Bonchev–Trinajstić information content (AvgIpc) is 3.03. The standard InChI is InChI=1S/C34H34O10/c35-17-28(41)25(12-3-19-1-8-23(37)9-2-19)21-7-14-30-31(16-21)44-33(20-4-10-24(38)11-5-20)34(43-30)32(29(42)18-36)22-6-13-26(39)27(40)15-22/h1-16,25,28-29,32-42H,17-18H2/b12-3+/t25-,28+,29+,32-,33+,34+/m0/s1. The van der Waals surface area contributed by atoms with E-state index in [0.29, 0.717) is 28.2 Å². The molecule has 8 N–H and O–H groups in total. The molecule has 5 rings (SSSR count). The minimum Gasteiger partial charge on any atom is -0.508 e. The second-order valence-electron chi connectivity index (χ2n) is 10.7. The number of rotatable bonds is 10. The van der Waals surface area contributed by atoms with Gasteiger partial charge in [0.1, 0.15) is 17.6 Å². The molecule has 0 amide bonds. The lowest BCUT2D eigenvalue weighted by atomic mass is 9.83. The summed E-state index contributed by atoms with van der Waals surface area (Å²) in [4.78, 5) is 0. The predicted molar refractivity (Wildman–Crippen MR) is 161 cm³/mol. The molecule has 1 aliphatic rings. The monoisotopic (exact) mass is 602 g/mol. The van der Waals surface area contributed by atoms with Crippen LogP contribution in [0.25, 0.3) is 6.08 Å². The molecule has 4 aromatic carbocycles. The van der Waals surface area contributed by atoms with Gasteiger partial charge in [0.15, 0.2) is 29.1 Å². The van der Waals surface area contributed by atoms with Crippen molar-refractivity contribution in [2.24, 2.45) is 0 Å². The number of hydrogen-bond donors (Lipinski definition) is 8. The van der Waals surface area contributed by atoms with Crippen LogP contribution in [0.2, 0.25) is 0 Å². The third-order valence-corrected chi connectivity index (χ3v) is 7.72. The fourth-order valence-corrected chi connectivity index (χ4v) is 5.38. The molecule has 10 heteroatoms. The quantitative estimate of drug-likeness (QED) is 0.125. The van der Waals surface area contributed by atoms with Crippen LogP contribution in [0.4, 0.5) is 0 Å². The SMILES string of the molecule is OC[C@@H](O)[C@H](c1ccc(O)c(O)c1)[C@H]1Oc2ccc([C@H](/C=C/c3ccc(O)cc3)[C@H](O)CO)cc2O[C@@H]1c1ccc(O)cc1. The summed E-state index contributed by atoms with van der Waals surface area (Å²) in [5, 5.41) is 81.0. The molecule has 1 heterocycles. The van der Waals surface area contributed by atoms with E-state index in [4.69, 9.17) is 9.47 Å². The Morgan fingerprint density at radius 3 is 1.91 bits per heavy atom. The first-order valence-electron chi connectivity index (χ1n) is 14.0. The molecule has 0 fully saturated rings. The number of phenols is 4. The van der Waals surface area contributed by atoms with Gasteiger partial charge >= 0.3 is 0 Å². The van der Waals surface area contributed by atoms with Crippen molar-refractivity contribution in [3.8, 4) is 34.5 Å². The van der Waals surface area contributed by atoms with Crippen molar-refractivity contribution in [2.45, 2.75) is 36.3 Å². The lowest BCUT2D eigenvalue weighted by Gasteiger charge is -2.40. The molecule has 4 aromatic rings. The number of aliphatic hydroxyl groups excluding tert-OH is 4. The maximum absolute atomic E-state index is 11.0. The number of hydrogen-bond acceptors (Lipinski definition) is 10. The van der Waals surface area contributed by atoms with E-state index in [-0.39, 0.29) is 17.2 Å². The normalized spacial score (nSPS) is 18.9. The van der Waals surface area contributed by atoms with Crippen molar-refractivity contribution in [3.63, 3.8) is 0 Å². The van der Waals surface area contributed by atoms with Gasteiger partial charge in [-0.3, -0.25) is 0 Å². The summed E-state index contributed by atoms with van der Waals surface area (Å²) in [5.74, 6) is -1.55. The van der Waals surface area contributed by atoms with Gasteiger partial charge in [-0.1, -0.05) is 48.6 Å². The summed E-state index contributed by atoms with van der Waals surface area (Å²) < 4.78 is 12.9. The zero-order valence-electron chi connectivity index (χ0n) is 23.5. The Bertz CT molecular complexity index is 1590. The highest BCUT2D eigenvalue weighted by molar-refractivity contribution is 5.54. The second-order valence-corrected chi connectivity index (χ2v) is 10.7. The maximum atomic E-state index is 11.0. The summed E-state index contributed by atoms with van der Waals surface area (Å²) in [7, 11) is 0. The Kier molecular flexibility index (Phi) is 9.26. The minimum absolute atomic E-state index is 0.0290. The van der Waals surface area contributed by atoms with Crippen LogP contribution >= 0.6 is 0 Å². The lowest BCUT2D eigenvalue weighted by Crippen LogP contribution is -2.43. The zero-order chi connectivity index (χ0) is 31.4. The fourth-order valence-electron chi connectivity index (χ4n) is 5.38. The first-order valence-corrected chi connectivity index (χ1v) is 14.0. The smallest absolute Gasteiger partial charge is 0.162 e. The molecule has 0 unspecified atom stereocenters. The zero-order valence-corrected chi connectivity index (χ0v) is 23.5. The number of aromatic hydroxyl groups is 4. The van der Waals surface area contributed by atoms with E-state index in [0.717, 1.165) is 5.56 Å². The van der Waals surface area contributed by atoms with Gasteiger partial charge in [0, 0.05) is 5.92 Å². The van der Waals surface area contributed by atoms with Gasteiger partial charge in [-0.15, -0.1) is 0 Å². The molecule has 0 bridgehead atoms. The third-order valence-electron chi connectivity index (χ3n) is 7.72. The molecule has 1 aliphatic heterocycles. The molecule has 0 spiro atoms. The third kappa shape index (κ3) is 6.58. The van der Waals surface area contributed by atoms with E-state index in [1.54, 1.807) is 66.7 Å². The number of fused-ring (bicyclic) bond motifs is 1. The highest BCUT2D eigenvalue weighted by atomic mass is 16.6. The summed E-state index contributed by atoms with van der Waals surface area (Å²) >= 11 is 0. The van der Waals surface area contributed by atoms with Crippen LogP contribution in [0, 0.1) is 0 Å². The van der Waals surface area contributed by atoms with Gasteiger partial charge in [0.2, 0.25) is 0 Å². The van der Waals surface area contributed by atoms with Crippen molar-refractivity contribution >= 4 is 6.08 Å². The first-order chi connectivity index (χ1) is 21.2. The lowest BCUT2D eigenvalue weighted by molar-refractivity contribution is -0.0398. The van der Waals surface area contributed by atoms with Gasteiger partial charge in [-0.2, -0.15) is 0 Å². The fraction of sp³-hybridized carbons (Fsp3) is 0.235. The number of phenolic OH excluding ortho intramolecular Hbond substituents is 4. The molecule has 0 saturated carbocycles. The molecule has 6 atom stereocenters. The second kappa shape index (κ2) is 13.3. The molecule has 0 aromatic heterocycles. The van der Waals surface area contributed by atoms with Crippen LogP contribution in [-0.2, 0) is 0 Å². The number of ether oxygens (including phenoxy) is 2. The molecule has 0 aliphatic carbocycles. The van der Waals surface area contributed by atoms with Crippen LogP contribution in [-0.4, -0.2) is 72.4 Å². The van der Waals surface area contributed by atoms with E-state index in [9.17, 15) is 40.9 Å². The molecule has 10 nitrogen and oxygen atoms in total. The average molecular weight is 603 g/mol. The summed E-state index contributed by atoms with van der Waals surface area (Å²) in [6.45, 7) is -1.13. The Morgan fingerprint density at radius 2 is 1.27 bits per heavy atom. The van der Waals surface area contributed by atoms with Crippen LogP contribution in [0.15, 0.2) is 91.0 Å². The number of aliphatic hydroxyl groups is 4. The Morgan fingerprint density at radius 1 is 0.636 bits per heavy atom. The van der Waals surface area contributed by atoms with Crippen LogP contribution in [0.1, 0.15) is 40.2 Å². The van der Waals surface area contributed by atoms with E-state index >= 15 is 0 Å². The molecule has 44 heavy (non-hydrogen) atoms. The van der Waals surface area contributed by atoms with Crippen molar-refractivity contribution < 1.29 is 50.3 Å². The number of benzene rings is 4. The van der Waals surface area contributed by atoms with Gasteiger partial charge < -0.3 is 50.3 Å². The minimum atomic E-state index is -1.35. The topological polar surface area (TPSA) is 180 Å². The molecule has 230 valence electrons. The van der Waals surface area contributed by atoms with Crippen molar-refractivity contribution in [3.05, 3.63) is 113 Å². The van der Waals surface area contributed by atoms with Gasteiger partial charge in [0.05, 0.1) is 31.3 Å². The Hall–Kier alpha value is -4.74. The van der Waals surface area contributed by atoms with Crippen molar-refractivity contribution in [1.29, 1.82) is 0 Å². The summed E-state index contributed by atoms with van der Waals surface area (Å²) in [6, 6.07) is 21.9. The van der Waals surface area contributed by atoms with Crippen LogP contribution in [0.3, 0.4) is 0 Å². The largest absolute Gasteiger partial charge is 0.508 e.